The topological polar surface area (TPSA) is 30.2 Å². The van der Waals surface area contributed by atoms with E-state index in [1.807, 2.05) is 22.7 Å². The van der Waals surface area contributed by atoms with Crippen molar-refractivity contribution >= 4 is 26.6 Å². The second-order valence-corrected chi connectivity index (χ2v) is 3.47. The van der Waals surface area contributed by atoms with Crippen molar-refractivity contribution in [2.45, 2.75) is 0 Å². The largest absolute Gasteiger partial charge is 0.289 e. The van der Waals surface area contributed by atoms with Gasteiger partial charge in [-0.05, 0) is 12.1 Å². The lowest BCUT2D eigenvalue weighted by molar-refractivity contribution is 1.28. The summed E-state index contributed by atoms with van der Waals surface area (Å²) in [5.41, 5.74) is 1.13. The van der Waals surface area contributed by atoms with Crippen molar-refractivity contribution < 1.29 is 0 Å². The number of hydrogen-bond acceptors (Lipinski definition) is 3. The number of aromatic nitrogens is 3. The van der Waals surface area contributed by atoms with E-state index in [1.54, 1.807) is 23.7 Å². The van der Waals surface area contributed by atoms with E-state index < -0.39 is 0 Å². The fraction of sp³-hybridized carbons (Fsp3) is 0. The van der Waals surface area contributed by atoms with Gasteiger partial charge in [-0.15, -0.1) is 0 Å². The van der Waals surface area contributed by atoms with Crippen molar-refractivity contribution in [2.24, 2.45) is 0 Å². The molecule has 0 atom stereocenters. The molecule has 0 aliphatic carbocycles. The summed E-state index contributed by atoms with van der Waals surface area (Å²) in [6.07, 6.45) is 5.56. The van der Waals surface area contributed by atoms with Crippen LogP contribution in [-0.4, -0.2) is 14.4 Å². The molecular formula is C8H5N3S. The van der Waals surface area contributed by atoms with E-state index in [0.717, 1.165) is 15.3 Å². The summed E-state index contributed by atoms with van der Waals surface area (Å²) in [6.45, 7) is 0. The number of rotatable bonds is 0. The van der Waals surface area contributed by atoms with Crippen LogP contribution in [0.4, 0.5) is 0 Å². The second kappa shape index (κ2) is 2.04. The van der Waals surface area contributed by atoms with E-state index in [-0.39, 0.29) is 0 Å². The first-order chi connectivity index (χ1) is 5.95. The summed E-state index contributed by atoms with van der Waals surface area (Å²) in [7, 11) is 0. The number of pyridine rings is 1. The fourth-order valence-corrected chi connectivity index (χ4v) is 2.21. The molecule has 0 saturated carbocycles. The van der Waals surface area contributed by atoms with Gasteiger partial charge < -0.3 is 0 Å². The van der Waals surface area contributed by atoms with Gasteiger partial charge in [0.05, 0.1) is 5.52 Å². The van der Waals surface area contributed by atoms with Crippen LogP contribution in [0.2, 0.25) is 0 Å². The van der Waals surface area contributed by atoms with E-state index in [0.29, 0.717) is 0 Å². The molecule has 3 nitrogen and oxygen atoms in total. The Morgan fingerprint density at radius 3 is 3.25 bits per heavy atom. The van der Waals surface area contributed by atoms with E-state index in [1.165, 1.54) is 0 Å². The first-order valence-electron chi connectivity index (χ1n) is 3.62. The van der Waals surface area contributed by atoms with Gasteiger partial charge in [0.2, 0.25) is 0 Å². The molecule has 3 aromatic rings. The van der Waals surface area contributed by atoms with Gasteiger partial charge in [0.1, 0.15) is 4.83 Å². The van der Waals surface area contributed by atoms with Crippen molar-refractivity contribution in [1.82, 2.24) is 14.4 Å². The summed E-state index contributed by atoms with van der Waals surface area (Å²) >= 11 is 1.61. The Kier molecular flexibility index (Phi) is 1.04. The molecule has 12 heavy (non-hydrogen) atoms. The number of fused-ring (bicyclic) bond motifs is 3. The lowest BCUT2D eigenvalue weighted by Crippen LogP contribution is -1.76. The first kappa shape index (κ1) is 6.14. The lowest BCUT2D eigenvalue weighted by atomic mass is 10.4. The maximum absolute atomic E-state index is 4.25. The highest BCUT2D eigenvalue weighted by atomic mass is 32.1. The molecule has 3 rings (SSSR count). The third-order valence-electron chi connectivity index (χ3n) is 1.81. The van der Waals surface area contributed by atoms with Crippen molar-refractivity contribution in [3.63, 3.8) is 0 Å². The molecule has 0 radical (unpaired) electrons. The smallest absolute Gasteiger partial charge is 0.196 e. The standard InChI is InChI=1S/C8H5N3S/c1-2-6-7(9-3-1)12-8-10-4-5-11(6)8/h1-5H. The molecule has 0 amide bonds. The number of imidazole rings is 1. The Hall–Kier alpha value is -1.42. The van der Waals surface area contributed by atoms with Gasteiger partial charge in [-0.2, -0.15) is 0 Å². The predicted molar refractivity (Wildman–Crippen MR) is 48.4 cm³/mol. The van der Waals surface area contributed by atoms with Gasteiger partial charge >= 0.3 is 0 Å². The van der Waals surface area contributed by atoms with Crippen molar-refractivity contribution in [3.8, 4) is 0 Å². The van der Waals surface area contributed by atoms with Crippen molar-refractivity contribution in [3.05, 3.63) is 30.7 Å². The van der Waals surface area contributed by atoms with Crippen LogP contribution in [0.3, 0.4) is 0 Å². The normalized spacial score (nSPS) is 11.3. The van der Waals surface area contributed by atoms with Gasteiger partial charge in [0.25, 0.3) is 0 Å². The molecule has 0 saturated heterocycles. The SMILES string of the molecule is c1cnc2sc3nccn3c2c1. The summed E-state index contributed by atoms with van der Waals surface area (Å²) in [5, 5.41) is 0. The minimum absolute atomic E-state index is 1.00. The summed E-state index contributed by atoms with van der Waals surface area (Å²) in [4.78, 5) is 10.5. The number of thiazole rings is 1. The van der Waals surface area contributed by atoms with Gasteiger partial charge in [-0.25, -0.2) is 9.97 Å². The van der Waals surface area contributed by atoms with Crippen LogP contribution in [0.15, 0.2) is 30.7 Å². The van der Waals surface area contributed by atoms with Gasteiger partial charge in [-0.1, -0.05) is 11.3 Å². The molecule has 0 N–H and O–H groups in total. The molecule has 58 valence electrons. The number of hydrogen-bond donors (Lipinski definition) is 0. The molecule has 0 unspecified atom stereocenters. The molecule has 0 spiro atoms. The van der Waals surface area contributed by atoms with Crippen LogP contribution in [0, 0.1) is 0 Å². The Morgan fingerprint density at radius 2 is 2.25 bits per heavy atom. The molecule has 3 heterocycles. The molecule has 0 bridgehead atoms. The minimum Gasteiger partial charge on any atom is -0.289 e. The molecule has 0 aliphatic rings. The van der Waals surface area contributed by atoms with Crippen LogP contribution in [0.25, 0.3) is 15.3 Å². The molecule has 0 aromatic carbocycles. The maximum Gasteiger partial charge on any atom is 0.196 e. The van der Waals surface area contributed by atoms with E-state index in [2.05, 4.69) is 9.97 Å². The molecule has 4 heteroatoms. The lowest BCUT2D eigenvalue weighted by Gasteiger charge is -1.86. The average molecular weight is 175 g/mol. The van der Waals surface area contributed by atoms with Crippen LogP contribution >= 0.6 is 11.3 Å². The van der Waals surface area contributed by atoms with Crippen molar-refractivity contribution in [2.75, 3.05) is 0 Å². The van der Waals surface area contributed by atoms with E-state index in [4.69, 9.17) is 0 Å². The van der Waals surface area contributed by atoms with Crippen molar-refractivity contribution in [1.29, 1.82) is 0 Å². The Bertz CT molecular complexity index is 536. The van der Waals surface area contributed by atoms with E-state index in [9.17, 15) is 0 Å². The molecule has 0 fully saturated rings. The minimum atomic E-state index is 1.00. The third-order valence-corrected chi connectivity index (χ3v) is 2.80. The van der Waals surface area contributed by atoms with Crippen LogP contribution < -0.4 is 0 Å². The molecule has 3 aromatic heterocycles. The zero-order valence-electron chi connectivity index (χ0n) is 6.14. The molecular weight excluding hydrogens is 170 g/mol. The number of nitrogens with zero attached hydrogens (tertiary/aromatic N) is 3. The Balaban J connectivity index is 2.68. The zero-order chi connectivity index (χ0) is 7.97. The van der Waals surface area contributed by atoms with Gasteiger partial charge in [-0.3, -0.25) is 4.40 Å². The van der Waals surface area contributed by atoms with Gasteiger partial charge in [0, 0.05) is 18.6 Å². The first-order valence-corrected chi connectivity index (χ1v) is 4.43. The highest BCUT2D eigenvalue weighted by Gasteiger charge is 2.03. The second-order valence-electron chi connectivity index (χ2n) is 2.51. The highest BCUT2D eigenvalue weighted by molar-refractivity contribution is 7.23. The molecule has 0 aliphatic heterocycles. The summed E-state index contributed by atoms with van der Waals surface area (Å²) < 4.78 is 2.05. The quantitative estimate of drug-likeness (QED) is 0.522. The Labute approximate surface area is 72.3 Å². The fourth-order valence-electron chi connectivity index (χ4n) is 1.28. The average Bonchev–Trinajstić information content (AvgIpc) is 2.62. The van der Waals surface area contributed by atoms with Crippen LogP contribution in [0.1, 0.15) is 0 Å². The predicted octanol–water partition coefficient (Wildman–Crippen LogP) is 1.94. The van der Waals surface area contributed by atoms with E-state index >= 15 is 0 Å². The van der Waals surface area contributed by atoms with Crippen LogP contribution in [-0.2, 0) is 0 Å². The summed E-state index contributed by atoms with van der Waals surface area (Å²) in [6, 6.07) is 3.99. The Morgan fingerprint density at radius 1 is 1.25 bits per heavy atom. The summed E-state index contributed by atoms with van der Waals surface area (Å²) in [5.74, 6) is 0. The van der Waals surface area contributed by atoms with Gasteiger partial charge in [0.15, 0.2) is 4.96 Å². The van der Waals surface area contributed by atoms with Crippen LogP contribution in [0.5, 0.6) is 0 Å². The third kappa shape index (κ3) is 0.648. The highest BCUT2D eigenvalue weighted by Crippen LogP contribution is 2.22. The monoisotopic (exact) mass is 175 g/mol. The zero-order valence-corrected chi connectivity index (χ0v) is 6.95. The maximum atomic E-state index is 4.25.